The Bertz CT molecular complexity index is 1170. The molecule has 29 heavy (non-hydrogen) atoms. The Labute approximate surface area is 168 Å². The minimum atomic E-state index is -0.318. The Hall–Kier alpha value is -3.67. The lowest BCUT2D eigenvalue weighted by Gasteiger charge is -2.06. The summed E-state index contributed by atoms with van der Waals surface area (Å²) in [6.07, 6.45) is 2.00. The number of hydrogen-bond acceptors (Lipinski definition) is 5. The van der Waals surface area contributed by atoms with E-state index in [-0.39, 0.29) is 5.97 Å². The van der Waals surface area contributed by atoms with Crippen LogP contribution >= 0.6 is 0 Å². The van der Waals surface area contributed by atoms with Gasteiger partial charge in [-0.15, -0.1) is 0 Å². The fourth-order valence-electron chi connectivity index (χ4n) is 3.28. The zero-order valence-corrected chi connectivity index (χ0v) is 16.3. The van der Waals surface area contributed by atoms with Gasteiger partial charge in [-0.1, -0.05) is 30.3 Å². The highest BCUT2D eigenvalue weighted by Crippen LogP contribution is 2.29. The third-order valence-electron chi connectivity index (χ3n) is 4.60. The highest BCUT2D eigenvalue weighted by Gasteiger charge is 2.12. The Kier molecular flexibility index (Phi) is 5.24. The van der Waals surface area contributed by atoms with Gasteiger partial charge in [-0.3, -0.25) is 4.68 Å². The summed E-state index contributed by atoms with van der Waals surface area (Å²) < 4.78 is 12.2. The van der Waals surface area contributed by atoms with E-state index in [0.29, 0.717) is 24.6 Å². The van der Waals surface area contributed by atoms with E-state index in [1.165, 1.54) is 0 Å². The van der Waals surface area contributed by atoms with Crippen molar-refractivity contribution in [3.8, 4) is 17.0 Å². The monoisotopic (exact) mass is 387 g/mol. The number of nitrogens with zero attached hydrogens (tertiary/aromatic N) is 3. The lowest BCUT2D eigenvalue weighted by Crippen LogP contribution is -2.04. The number of fused-ring (bicyclic) bond motifs is 1. The topological polar surface area (TPSA) is 66.2 Å². The molecule has 0 saturated carbocycles. The van der Waals surface area contributed by atoms with E-state index in [1.807, 2.05) is 65.5 Å². The summed E-state index contributed by atoms with van der Waals surface area (Å²) >= 11 is 0. The summed E-state index contributed by atoms with van der Waals surface area (Å²) in [5.74, 6) is 0.261. The van der Waals surface area contributed by atoms with Gasteiger partial charge in [-0.2, -0.15) is 5.10 Å². The van der Waals surface area contributed by atoms with E-state index in [1.54, 1.807) is 20.1 Å². The molecule has 146 valence electrons. The molecule has 2 heterocycles. The Morgan fingerprint density at radius 3 is 2.72 bits per heavy atom. The molecule has 0 bridgehead atoms. The van der Waals surface area contributed by atoms with Gasteiger partial charge in [0.05, 0.1) is 37.0 Å². The van der Waals surface area contributed by atoms with Crippen molar-refractivity contribution in [2.24, 2.45) is 0 Å². The first-order valence-electron chi connectivity index (χ1n) is 9.41. The summed E-state index contributed by atoms with van der Waals surface area (Å²) in [6.45, 7) is 2.69. The Balaban J connectivity index is 1.70. The van der Waals surface area contributed by atoms with Crippen LogP contribution in [0.15, 0.2) is 66.9 Å². The molecule has 0 aliphatic carbocycles. The fraction of sp³-hybridized carbons (Fsp3) is 0.174. The maximum Gasteiger partial charge on any atom is 0.338 e. The number of methoxy groups -OCH3 is 1. The normalized spacial score (nSPS) is 10.8. The van der Waals surface area contributed by atoms with Crippen LogP contribution in [0.25, 0.3) is 22.0 Å². The maximum absolute atomic E-state index is 12.1. The molecule has 4 rings (SSSR count). The van der Waals surface area contributed by atoms with Crippen molar-refractivity contribution in [3.63, 3.8) is 0 Å². The molecule has 6 heteroatoms. The predicted molar refractivity (Wildman–Crippen MR) is 111 cm³/mol. The van der Waals surface area contributed by atoms with Crippen LogP contribution in [0.1, 0.15) is 23.0 Å². The maximum atomic E-state index is 12.1. The van der Waals surface area contributed by atoms with Gasteiger partial charge in [-0.05, 0) is 42.3 Å². The molecule has 2 aromatic carbocycles. The molecule has 0 aliphatic heterocycles. The molecule has 4 aromatic rings. The van der Waals surface area contributed by atoms with Crippen molar-refractivity contribution < 1.29 is 14.3 Å². The number of rotatable bonds is 6. The SMILES string of the molecule is CCOC(=O)c1cccc(-c2cccc3nn(Cc4cccc(OC)n4)cc23)c1. The van der Waals surface area contributed by atoms with Gasteiger partial charge < -0.3 is 9.47 Å². The first-order valence-corrected chi connectivity index (χ1v) is 9.41. The van der Waals surface area contributed by atoms with E-state index in [4.69, 9.17) is 9.47 Å². The molecular weight excluding hydrogens is 366 g/mol. The quantitative estimate of drug-likeness (QED) is 0.461. The Morgan fingerprint density at radius 1 is 1.07 bits per heavy atom. The lowest BCUT2D eigenvalue weighted by atomic mass is 10.00. The van der Waals surface area contributed by atoms with E-state index >= 15 is 0 Å². The van der Waals surface area contributed by atoms with Gasteiger partial charge in [0.2, 0.25) is 5.88 Å². The summed E-state index contributed by atoms with van der Waals surface area (Å²) in [5, 5.41) is 5.69. The van der Waals surface area contributed by atoms with E-state index in [2.05, 4.69) is 10.1 Å². The van der Waals surface area contributed by atoms with Crippen molar-refractivity contribution in [2.75, 3.05) is 13.7 Å². The summed E-state index contributed by atoms with van der Waals surface area (Å²) in [5.41, 5.74) is 4.24. The van der Waals surface area contributed by atoms with Crippen LogP contribution in [0.3, 0.4) is 0 Å². The molecule has 0 fully saturated rings. The van der Waals surface area contributed by atoms with E-state index in [0.717, 1.165) is 27.7 Å². The second-order valence-corrected chi connectivity index (χ2v) is 6.54. The predicted octanol–water partition coefficient (Wildman–Crippen LogP) is 4.33. The molecule has 0 aliphatic rings. The average molecular weight is 387 g/mol. The number of carbonyl (C=O) groups excluding carboxylic acids is 1. The molecule has 0 radical (unpaired) electrons. The highest BCUT2D eigenvalue weighted by molar-refractivity contribution is 5.97. The highest BCUT2D eigenvalue weighted by atomic mass is 16.5. The van der Waals surface area contributed by atoms with Crippen LogP contribution in [0.4, 0.5) is 0 Å². The number of carbonyl (C=O) groups is 1. The number of esters is 1. The third kappa shape index (κ3) is 3.96. The van der Waals surface area contributed by atoms with Gasteiger partial charge in [0.15, 0.2) is 0 Å². The van der Waals surface area contributed by atoms with Gasteiger partial charge in [0.1, 0.15) is 0 Å². The molecule has 0 amide bonds. The number of pyridine rings is 1. The molecule has 0 spiro atoms. The van der Waals surface area contributed by atoms with E-state index in [9.17, 15) is 4.79 Å². The molecule has 0 unspecified atom stereocenters. The Morgan fingerprint density at radius 2 is 1.90 bits per heavy atom. The zero-order chi connectivity index (χ0) is 20.2. The molecule has 0 atom stereocenters. The van der Waals surface area contributed by atoms with Crippen molar-refractivity contribution in [2.45, 2.75) is 13.5 Å². The number of benzene rings is 2. The zero-order valence-electron chi connectivity index (χ0n) is 16.3. The first-order chi connectivity index (χ1) is 14.2. The summed E-state index contributed by atoms with van der Waals surface area (Å²) in [4.78, 5) is 16.5. The van der Waals surface area contributed by atoms with Gasteiger partial charge in [0.25, 0.3) is 0 Å². The van der Waals surface area contributed by atoms with Crippen molar-refractivity contribution in [3.05, 3.63) is 78.1 Å². The third-order valence-corrected chi connectivity index (χ3v) is 4.60. The number of aromatic nitrogens is 3. The van der Waals surface area contributed by atoms with Gasteiger partial charge in [0, 0.05) is 17.6 Å². The average Bonchev–Trinajstić information content (AvgIpc) is 3.16. The van der Waals surface area contributed by atoms with Crippen LogP contribution in [-0.2, 0) is 11.3 Å². The fourth-order valence-corrected chi connectivity index (χ4v) is 3.28. The number of hydrogen-bond donors (Lipinski definition) is 0. The van der Waals surface area contributed by atoms with Gasteiger partial charge >= 0.3 is 5.97 Å². The minimum Gasteiger partial charge on any atom is -0.481 e. The van der Waals surface area contributed by atoms with Crippen LogP contribution in [0.2, 0.25) is 0 Å². The summed E-state index contributed by atoms with van der Waals surface area (Å²) in [7, 11) is 1.60. The molecule has 0 N–H and O–H groups in total. The van der Waals surface area contributed by atoms with Crippen molar-refractivity contribution in [1.82, 2.24) is 14.8 Å². The minimum absolute atomic E-state index is 0.318. The largest absolute Gasteiger partial charge is 0.481 e. The number of ether oxygens (including phenoxy) is 2. The smallest absolute Gasteiger partial charge is 0.338 e. The molecule has 6 nitrogen and oxygen atoms in total. The van der Waals surface area contributed by atoms with Gasteiger partial charge in [-0.25, -0.2) is 9.78 Å². The van der Waals surface area contributed by atoms with Crippen LogP contribution in [-0.4, -0.2) is 34.5 Å². The standard InChI is InChI=1S/C23H21N3O3/c1-3-29-23(27)17-8-4-7-16(13-17)19-10-6-11-21-20(19)15-26(25-21)14-18-9-5-12-22(24-18)28-2/h4-13,15H,3,14H2,1-2H3. The molecule has 2 aromatic heterocycles. The summed E-state index contributed by atoms with van der Waals surface area (Å²) in [6, 6.07) is 19.1. The van der Waals surface area contributed by atoms with Crippen molar-refractivity contribution >= 4 is 16.9 Å². The van der Waals surface area contributed by atoms with E-state index < -0.39 is 0 Å². The lowest BCUT2D eigenvalue weighted by molar-refractivity contribution is 0.0526. The molecule has 0 saturated heterocycles. The second kappa shape index (κ2) is 8.14. The van der Waals surface area contributed by atoms with Crippen LogP contribution in [0.5, 0.6) is 5.88 Å². The molecular formula is C23H21N3O3. The van der Waals surface area contributed by atoms with Crippen LogP contribution < -0.4 is 4.74 Å². The second-order valence-electron chi connectivity index (χ2n) is 6.54. The van der Waals surface area contributed by atoms with Crippen LogP contribution in [0, 0.1) is 0 Å². The first kappa shape index (κ1) is 18.7. The van der Waals surface area contributed by atoms with Crippen molar-refractivity contribution in [1.29, 1.82) is 0 Å².